The third kappa shape index (κ3) is 2.95. The Morgan fingerprint density at radius 1 is 1.35 bits per heavy atom. The van der Waals surface area contributed by atoms with E-state index in [4.69, 9.17) is 23.2 Å². The molecule has 1 fully saturated rings. The van der Waals surface area contributed by atoms with Crippen LogP contribution in [0, 0.1) is 0 Å². The van der Waals surface area contributed by atoms with Crippen LogP contribution in [0.4, 0.5) is 5.69 Å². The third-order valence-electron chi connectivity index (χ3n) is 3.18. The van der Waals surface area contributed by atoms with Crippen LogP contribution in [0.15, 0.2) is 16.6 Å². The van der Waals surface area contributed by atoms with Crippen molar-refractivity contribution >= 4 is 56.6 Å². The standard InChI is InChI=1S/C13H13BrCl2N2O2/c1-2-8-13(20)18(6-5-10(19)17-8)9-4-3-7(14)11(15)12(9)16/h3-4,8H,2,5-6H2,1H3,(H,17,19). The summed E-state index contributed by atoms with van der Waals surface area (Å²) in [5.74, 6) is -0.300. The van der Waals surface area contributed by atoms with Crippen LogP contribution in [0.25, 0.3) is 0 Å². The Labute approximate surface area is 135 Å². The molecule has 0 aliphatic carbocycles. The number of benzene rings is 1. The number of nitrogens with one attached hydrogen (secondary N) is 1. The smallest absolute Gasteiger partial charge is 0.249 e. The van der Waals surface area contributed by atoms with Crippen molar-refractivity contribution in [1.29, 1.82) is 0 Å². The Morgan fingerprint density at radius 3 is 2.70 bits per heavy atom. The fraction of sp³-hybridized carbons (Fsp3) is 0.385. The van der Waals surface area contributed by atoms with Crippen molar-refractivity contribution in [2.24, 2.45) is 0 Å². The first-order valence-corrected chi connectivity index (χ1v) is 7.74. The second kappa shape index (κ2) is 6.33. The number of carbonyl (C=O) groups is 2. The van der Waals surface area contributed by atoms with Crippen molar-refractivity contribution in [3.05, 3.63) is 26.7 Å². The lowest BCUT2D eigenvalue weighted by atomic mass is 10.2. The van der Waals surface area contributed by atoms with E-state index in [2.05, 4.69) is 21.2 Å². The summed E-state index contributed by atoms with van der Waals surface area (Å²) in [6.45, 7) is 2.14. The van der Waals surface area contributed by atoms with Crippen molar-refractivity contribution in [2.75, 3.05) is 11.4 Å². The fourth-order valence-electron chi connectivity index (χ4n) is 2.08. The lowest BCUT2D eigenvalue weighted by molar-refractivity contribution is -0.125. The summed E-state index contributed by atoms with van der Waals surface area (Å²) in [5.41, 5.74) is 0.528. The largest absolute Gasteiger partial charge is 0.344 e. The van der Waals surface area contributed by atoms with Crippen molar-refractivity contribution in [3.8, 4) is 0 Å². The van der Waals surface area contributed by atoms with Gasteiger partial charge >= 0.3 is 0 Å². The monoisotopic (exact) mass is 378 g/mol. The van der Waals surface area contributed by atoms with Crippen LogP contribution in [0.2, 0.25) is 10.0 Å². The first-order chi connectivity index (χ1) is 9.45. The zero-order chi connectivity index (χ0) is 14.9. The molecule has 2 amide bonds. The Kier molecular flexibility index (Phi) is 4.94. The van der Waals surface area contributed by atoms with Crippen molar-refractivity contribution in [3.63, 3.8) is 0 Å². The highest BCUT2D eigenvalue weighted by Gasteiger charge is 2.31. The first kappa shape index (κ1) is 15.6. The lowest BCUT2D eigenvalue weighted by Crippen LogP contribution is -2.44. The zero-order valence-electron chi connectivity index (χ0n) is 10.8. The van der Waals surface area contributed by atoms with Crippen molar-refractivity contribution < 1.29 is 9.59 Å². The van der Waals surface area contributed by atoms with E-state index in [-0.39, 0.29) is 18.2 Å². The van der Waals surface area contributed by atoms with Gasteiger partial charge in [0, 0.05) is 17.4 Å². The molecule has 20 heavy (non-hydrogen) atoms. The summed E-state index contributed by atoms with van der Waals surface area (Å²) >= 11 is 15.6. The maximum atomic E-state index is 12.5. The zero-order valence-corrected chi connectivity index (χ0v) is 13.8. The molecule has 7 heteroatoms. The van der Waals surface area contributed by atoms with Gasteiger partial charge in [-0.05, 0) is 34.5 Å². The minimum atomic E-state index is -0.525. The molecule has 1 aliphatic heterocycles. The average molecular weight is 380 g/mol. The molecule has 4 nitrogen and oxygen atoms in total. The van der Waals surface area contributed by atoms with Crippen LogP contribution < -0.4 is 10.2 Å². The van der Waals surface area contributed by atoms with Gasteiger partial charge in [0.05, 0.1) is 15.7 Å². The second-order valence-corrected chi connectivity index (χ2v) is 6.07. The van der Waals surface area contributed by atoms with E-state index in [1.165, 1.54) is 4.90 Å². The van der Waals surface area contributed by atoms with Crippen LogP contribution in [0.5, 0.6) is 0 Å². The molecule has 0 radical (unpaired) electrons. The van der Waals surface area contributed by atoms with Gasteiger partial charge in [0.15, 0.2) is 0 Å². The van der Waals surface area contributed by atoms with Crippen LogP contribution >= 0.6 is 39.1 Å². The molecule has 1 saturated heterocycles. The highest BCUT2D eigenvalue weighted by atomic mass is 79.9. The average Bonchev–Trinajstić information content (AvgIpc) is 2.57. The molecular formula is C13H13BrCl2N2O2. The third-order valence-corrected chi connectivity index (χ3v) is 4.94. The van der Waals surface area contributed by atoms with Crippen molar-refractivity contribution in [1.82, 2.24) is 5.32 Å². The summed E-state index contributed by atoms with van der Waals surface area (Å²) in [4.78, 5) is 25.6. The van der Waals surface area contributed by atoms with Gasteiger partial charge in [-0.2, -0.15) is 0 Å². The van der Waals surface area contributed by atoms with E-state index in [9.17, 15) is 9.59 Å². The van der Waals surface area contributed by atoms with Crippen molar-refractivity contribution in [2.45, 2.75) is 25.8 Å². The predicted octanol–water partition coefficient (Wildman–Crippen LogP) is 3.39. The molecule has 1 aromatic rings. The molecule has 1 heterocycles. The molecular weight excluding hydrogens is 367 g/mol. The molecule has 1 aromatic carbocycles. The van der Waals surface area contributed by atoms with E-state index in [1.807, 2.05) is 6.92 Å². The number of anilines is 1. The number of carbonyl (C=O) groups excluding carboxylic acids is 2. The topological polar surface area (TPSA) is 49.4 Å². The predicted molar refractivity (Wildman–Crippen MR) is 83.4 cm³/mol. The van der Waals surface area contributed by atoms with E-state index in [1.54, 1.807) is 12.1 Å². The minimum Gasteiger partial charge on any atom is -0.344 e. The van der Waals surface area contributed by atoms with Crippen LogP contribution in [0.1, 0.15) is 19.8 Å². The van der Waals surface area contributed by atoms with E-state index >= 15 is 0 Å². The molecule has 0 spiro atoms. The van der Waals surface area contributed by atoms with Gasteiger partial charge in [0.25, 0.3) is 0 Å². The summed E-state index contributed by atoms with van der Waals surface area (Å²) in [6, 6.07) is 2.93. The molecule has 108 valence electrons. The molecule has 1 N–H and O–H groups in total. The Hall–Kier alpha value is -0.780. The summed E-state index contributed by atoms with van der Waals surface area (Å²) < 4.78 is 0.663. The van der Waals surface area contributed by atoms with E-state index in [0.717, 1.165) is 0 Å². The number of hydrogen-bond acceptors (Lipinski definition) is 2. The molecule has 1 aliphatic rings. The Balaban J connectivity index is 2.42. The van der Waals surface area contributed by atoms with Crippen LogP contribution in [-0.4, -0.2) is 24.4 Å². The van der Waals surface area contributed by atoms with Crippen LogP contribution in [0.3, 0.4) is 0 Å². The molecule has 0 bridgehead atoms. The minimum absolute atomic E-state index is 0.132. The number of amides is 2. The van der Waals surface area contributed by atoms with Crippen LogP contribution in [-0.2, 0) is 9.59 Å². The lowest BCUT2D eigenvalue weighted by Gasteiger charge is -2.25. The van der Waals surface area contributed by atoms with Gasteiger partial charge in [-0.3, -0.25) is 9.59 Å². The highest BCUT2D eigenvalue weighted by molar-refractivity contribution is 9.10. The molecule has 0 saturated carbocycles. The van der Waals surface area contributed by atoms with Gasteiger partial charge < -0.3 is 10.2 Å². The number of halogens is 3. The quantitative estimate of drug-likeness (QED) is 0.800. The SMILES string of the molecule is CCC1NC(=O)CCN(c2ccc(Br)c(Cl)c2Cl)C1=O. The second-order valence-electron chi connectivity index (χ2n) is 4.46. The maximum Gasteiger partial charge on any atom is 0.249 e. The normalized spacial score (nSPS) is 19.8. The highest BCUT2D eigenvalue weighted by Crippen LogP contribution is 2.38. The summed E-state index contributed by atoms with van der Waals surface area (Å²) in [6.07, 6.45) is 0.773. The van der Waals surface area contributed by atoms with Gasteiger partial charge in [-0.25, -0.2) is 0 Å². The summed E-state index contributed by atoms with van der Waals surface area (Å²) in [7, 11) is 0. The molecule has 0 aromatic heterocycles. The molecule has 2 rings (SSSR count). The number of nitrogens with zero attached hydrogens (tertiary/aromatic N) is 1. The maximum absolute atomic E-state index is 12.5. The van der Waals surface area contributed by atoms with Gasteiger partial charge in [0.2, 0.25) is 11.8 Å². The first-order valence-electron chi connectivity index (χ1n) is 6.20. The van der Waals surface area contributed by atoms with E-state index < -0.39 is 6.04 Å². The van der Waals surface area contributed by atoms with Gasteiger partial charge in [-0.1, -0.05) is 30.1 Å². The Morgan fingerprint density at radius 2 is 2.05 bits per heavy atom. The van der Waals surface area contributed by atoms with E-state index in [0.29, 0.717) is 33.2 Å². The van der Waals surface area contributed by atoms with Gasteiger partial charge in [0.1, 0.15) is 6.04 Å². The van der Waals surface area contributed by atoms with Gasteiger partial charge in [-0.15, -0.1) is 0 Å². The molecule has 1 unspecified atom stereocenters. The summed E-state index contributed by atoms with van der Waals surface area (Å²) in [5, 5.41) is 3.37. The number of hydrogen-bond donors (Lipinski definition) is 1. The number of rotatable bonds is 2. The fourth-order valence-corrected chi connectivity index (χ4v) is 2.95. The molecule has 1 atom stereocenters. The Bertz CT molecular complexity index is 566.